The predicted octanol–water partition coefficient (Wildman–Crippen LogP) is 4.68. The number of nitriles is 1. The normalized spacial score (nSPS) is 13.5. The van der Waals surface area contributed by atoms with Gasteiger partial charge in [-0.3, -0.25) is 9.59 Å². The van der Waals surface area contributed by atoms with Crippen molar-refractivity contribution >= 4 is 23.9 Å². The van der Waals surface area contributed by atoms with Gasteiger partial charge >= 0.3 is 12.1 Å². The Morgan fingerprint density at radius 1 is 0.907 bits per heavy atom. The summed E-state index contributed by atoms with van der Waals surface area (Å²) in [5.41, 5.74) is 1.20. The number of carbonyl (C=O) groups excluding carboxylic acids is 4. The molecule has 10 nitrogen and oxygen atoms in total. The molecule has 0 aliphatic heterocycles. The van der Waals surface area contributed by atoms with Gasteiger partial charge in [0, 0.05) is 6.42 Å². The van der Waals surface area contributed by atoms with Crippen LogP contribution in [0.15, 0.2) is 48.5 Å². The average Bonchev–Trinajstić information content (AvgIpc) is 2.88. The Kier molecular flexibility index (Phi) is 11.9. The zero-order valence-corrected chi connectivity index (χ0v) is 26.6. The number of ether oxygens (including phenoxy) is 2. The third-order valence-corrected chi connectivity index (χ3v) is 6.21. The minimum Gasteiger partial charge on any atom is -0.458 e. The Bertz CT molecular complexity index is 1340. The average molecular weight is 593 g/mol. The van der Waals surface area contributed by atoms with Crippen molar-refractivity contribution < 1.29 is 28.7 Å². The number of esters is 1. The summed E-state index contributed by atoms with van der Waals surface area (Å²) in [5.74, 6) is -1.98. The standard InChI is InChI=1S/C33H44N4O6/c1-21-15-16-22(2)25(19-21)27(37(18-17-34)29(39)23(3)35-31(41)43-33(7,8)9)28(38)36-26(30(40)42-32(4,5)6)20-24-13-11-10-12-14-24/h10-16,19,23,26-27H,18,20H2,1-9H3,(H,35,41)(H,36,38). The van der Waals surface area contributed by atoms with Crippen LogP contribution in [0.25, 0.3) is 0 Å². The number of amides is 3. The van der Waals surface area contributed by atoms with E-state index in [2.05, 4.69) is 10.6 Å². The van der Waals surface area contributed by atoms with Crippen molar-refractivity contribution in [3.8, 4) is 6.07 Å². The SMILES string of the molecule is Cc1ccc(C)c(C(C(=O)NC(Cc2ccccc2)C(=O)OC(C)(C)C)N(CC#N)C(=O)C(C)NC(=O)OC(C)(C)C)c1. The van der Waals surface area contributed by atoms with Crippen molar-refractivity contribution in [1.82, 2.24) is 15.5 Å². The first-order valence-corrected chi connectivity index (χ1v) is 14.2. The summed E-state index contributed by atoms with van der Waals surface area (Å²) in [6, 6.07) is 13.1. The summed E-state index contributed by atoms with van der Waals surface area (Å²) >= 11 is 0. The lowest BCUT2D eigenvalue weighted by Crippen LogP contribution is -2.54. The number of nitrogens with one attached hydrogen (secondary N) is 2. The lowest BCUT2D eigenvalue weighted by molar-refractivity contribution is -0.159. The van der Waals surface area contributed by atoms with E-state index < -0.39 is 59.7 Å². The second kappa shape index (κ2) is 14.7. The minimum absolute atomic E-state index is 0.143. The largest absolute Gasteiger partial charge is 0.458 e. The van der Waals surface area contributed by atoms with E-state index >= 15 is 0 Å². The molecule has 232 valence electrons. The molecule has 0 bridgehead atoms. The van der Waals surface area contributed by atoms with Crippen molar-refractivity contribution in [2.24, 2.45) is 0 Å². The molecule has 0 saturated carbocycles. The maximum Gasteiger partial charge on any atom is 0.408 e. The number of carbonyl (C=O) groups is 4. The van der Waals surface area contributed by atoms with Crippen LogP contribution in [0.4, 0.5) is 4.79 Å². The number of hydrogen-bond donors (Lipinski definition) is 2. The molecule has 2 rings (SSSR count). The highest BCUT2D eigenvalue weighted by molar-refractivity contribution is 5.94. The van der Waals surface area contributed by atoms with Crippen LogP contribution in [0.1, 0.15) is 76.8 Å². The van der Waals surface area contributed by atoms with Gasteiger partial charge < -0.3 is 25.0 Å². The molecule has 3 atom stereocenters. The van der Waals surface area contributed by atoms with Crippen molar-refractivity contribution in [3.63, 3.8) is 0 Å². The first kappa shape index (κ1) is 34.8. The Morgan fingerprint density at radius 2 is 1.51 bits per heavy atom. The Morgan fingerprint density at radius 3 is 2.07 bits per heavy atom. The Balaban J connectivity index is 2.55. The Hall–Kier alpha value is -4.39. The molecule has 10 heteroatoms. The molecule has 2 aromatic carbocycles. The molecule has 0 aliphatic carbocycles. The van der Waals surface area contributed by atoms with Gasteiger partial charge in [0.25, 0.3) is 0 Å². The lowest BCUT2D eigenvalue weighted by atomic mass is 9.95. The van der Waals surface area contributed by atoms with Gasteiger partial charge in [-0.25, -0.2) is 9.59 Å². The van der Waals surface area contributed by atoms with Gasteiger partial charge in [-0.1, -0.05) is 54.1 Å². The molecular formula is C33H44N4O6. The fourth-order valence-corrected chi connectivity index (χ4v) is 4.34. The van der Waals surface area contributed by atoms with E-state index in [1.165, 1.54) is 6.92 Å². The summed E-state index contributed by atoms with van der Waals surface area (Å²) < 4.78 is 10.9. The molecule has 0 heterocycles. The van der Waals surface area contributed by atoms with Gasteiger partial charge in [0.2, 0.25) is 11.8 Å². The van der Waals surface area contributed by atoms with Crippen LogP contribution in [0.3, 0.4) is 0 Å². The second-order valence-electron chi connectivity index (χ2n) is 12.5. The molecule has 0 radical (unpaired) electrons. The maximum absolute atomic E-state index is 14.2. The molecule has 0 aromatic heterocycles. The monoisotopic (exact) mass is 592 g/mol. The van der Waals surface area contributed by atoms with Crippen LogP contribution in [0.2, 0.25) is 0 Å². The molecule has 3 amide bonds. The van der Waals surface area contributed by atoms with Gasteiger partial charge in [-0.05, 0) is 79.0 Å². The van der Waals surface area contributed by atoms with E-state index in [0.29, 0.717) is 11.1 Å². The first-order chi connectivity index (χ1) is 19.9. The van der Waals surface area contributed by atoms with E-state index in [-0.39, 0.29) is 6.42 Å². The van der Waals surface area contributed by atoms with Gasteiger partial charge in [0.1, 0.15) is 35.9 Å². The molecule has 2 N–H and O–H groups in total. The molecule has 3 unspecified atom stereocenters. The van der Waals surface area contributed by atoms with E-state index in [1.54, 1.807) is 54.5 Å². The van der Waals surface area contributed by atoms with Crippen molar-refractivity contribution in [2.45, 2.75) is 98.1 Å². The van der Waals surface area contributed by atoms with Crippen LogP contribution >= 0.6 is 0 Å². The molecule has 0 saturated heterocycles. The zero-order chi connectivity index (χ0) is 32.5. The van der Waals surface area contributed by atoms with E-state index in [9.17, 15) is 24.4 Å². The summed E-state index contributed by atoms with van der Waals surface area (Å²) in [7, 11) is 0. The number of nitrogens with zero attached hydrogens (tertiary/aromatic N) is 2. The summed E-state index contributed by atoms with van der Waals surface area (Å²) in [4.78, 5) is 54.8. The molecule has 0 aliphatic rings. The molecular weight excluding hydrogens is 548 g/mol. The molecule has 2 aromatic rings. The van der Waals surface area contributed by atoms with Crippen LogP contribution in [0, 0.1) is 25.2 Å². The highest BCUT2D eigenvalue weighted by Gasteiger charge is 2.38. The third-order valence-electron chi connectivity index (χ3n) is 6.21. The number of hydrogen-bond acceptors (Lipinski definition) is 7. The molecule has 0 fully saturated rings. The van der Waals surface area contributed by atoms with E-state index in [4.69, 9.17) is 9.47 Å². The van der Waals surface area contributed by atoms with E-state index in [0.717, 1.165) is 16.0 Å². The minimum atomic E-state index is -1.30. The lowest BCUT2D eigenvalue weighted by Gasteiger charge is -2.34. The molecule has 43 heavy (non-hydrogen) atoms. The van der Waals surface area contributed by atoms with Crippen molar-refractivity contribution in [3.05, 3.63) is 70.8 Å². The fourth-order valence-electron chi connectivity index (χ4n) is 4.34. The van der Waals surface area contributed by atoms with Gasteiger partial charge in [0.15, 0.2) is 0 Å². The predicted molar refractivity (Wildman–Crippen MR) is 163 cm³/mol. The topological polar surface area (TPSA) is 138 Å². The molecule has 0 spiro atoms. The third kappa shape index (κ3) is 11.1. The summed E-state index contributed by atoms with van der Waals surface area (Å²) in [6.45, 7) is 14.9. The second-order valence-corrected chi connectivity index (χ2v) is 12.5. The summed E-state index contributed by atoms with van der Waals surface area (Å²) in [5, 5.41) is 15.0. The van der Waals surface area contributed by atoms with Crippen LogP contribution < -0.4 is 10.6 Å². The number of rotatable bonds is 10. The van der Waals surface area contributed by atoms with Crippen LogP contribution in [-0.4, -0.2) is 58.6 Å². The number of alkyl carbamates (subject to hydrolysis) is 1. The number of aryl methyl sites for hydroxylation is 2. The first-order valence-electron chi connectivity index (χ1n) is 14.2. The van der Waals surface area contributed by atoms with Crippen LogP contribution in [0.5, 0.6) is 0 Å². The van der Waals surface area contributed by atoms with E-state index in [1.807, 2.05) is 55.5 Å². The van der Waals surface area contributed by atoms with Gasteiger partial charge in [-0.2, -0.15) is 5.26 Å². The number of benzene rings is 2. The van der Waals surface area contributed by atoms with Gasteiger partial charge in [0.05, 0.1) is 6.07 Å². The highest BCUT2D eigenvalue weighted by Crippen LogP contribution is 2.27. The van der Waals surface area contributed by atoms with Gasteiger partial charge in [-0.15, -0.1) is 0 Å². The summed E-state index contributed by atoms with van der Waals surface area (Å²) in [6.07, 6.45) is -0.671. The zero-order valence-electron chi connectivity index (χ0n) is 26.6. The quantitative estimate of drug-likeness (QED) is 0.302. The smallest absolute Gasteiger partial charge is 0.408 e. The highest BCUT2D eigenvalue weighted by atomic mass is 16.6. The maximum atomic E-state index is 14.2. The van der Waals surface area contributed by atoms with Crippen molar-refractivity contribution in [2.75, 3.05) is 6.54 Å². The van der Waals surface area contributed by atoms with Crippen LogP contribution in [-0.2, 0) is 30.3 Å². The Labute approximate surface area is 254 Å². The van der Waals surface area contributed by atoms with Crippen molar-refractivity contribution in [1.29, 1.82) is 5.26 Å². The fraction of sp³-hybridized carbons (Fsp3) is 0.485.